The Morgan fingerprint density at radius 1 is 1.33 bits per heavy atom. The first-order chi connectivity index (χ1) is 11.5. The van der Waals surface area contributed by atoms with Crippen LogP contribution in [0.25, 0.3) is 0 Å². The second kappa shape index (κ2) is 9.17. The minimum atomic E-state index is 0.103. The summed E-state index contributed by atoms with van der Waals surface area (Å²) in [7, 11) is 6.41. The number of thiophene rings is 1. The zero-order chi connectivity index (χ0) is 17.6. The molecule has 1 fully saturated rings. The van der Waals surface area contributed by atoms with E-state index < -0.39 is 0 Å². The molecule has 1 aliphatic heterocycles. The first kappa shape index (κ1) is 19.7. The molecule has 5 nitrogen and oxygen atoms in total. The minimum Gasteiger partial charge on any atom is -0.381 e. The zero-order valence-electron chi connectivity index (χ0n) is 15.1. The summed E-state index contributed by atoms with van der Waals surface area (Å²) in [6.07, 6.45) is 2.06. The standard InChI is InChI=1S/C17H29BrN4OS/c1-5-19-16(22(4)12-14-6-7-15(18)24-14)20-13-17(21(2)3)8-10-23-11-9-17/h6-7H,5,8-13H2,1-4H3,(H,19,20). The van der Waals surface area contributed by atoms with Gasteiger partial charge in [-0.05, 0) is 61.9 Å². The van der Waals surface area contributed by atoms with E-state index >= 15 is 0 Å². The summed E-state index contributed by atoms with van der Waals surface area (Å²) >= 11 is 5.30. The normalized spacial score (nSPS) is 18.0. The number of halogens is 1. The van der Waals surface area contributed by atoms with Gasteiger partial charge in [-0.25, -0.2) is 0 Å². The van der Waals surface area contributed by atoms with Gasteiger partial charge >= 0.3 is 0 Å². The van der Waals surface area contributed by atoms with Gasteiger partial charge in [0.1, 0.15) is 0 Å². The summed E-state index contributed by atoms with van der Waals surface area (Å²) in [5.41, 5.74) is 0.103. The fourth-order valence-corrected chi connectivity index (χ4v) is 4.47. The van der Waals surface area contributed by atoms with Crippen LogP contribution in [0.1, 0.15) is 24.6 Å². The van der Waals surface area contributed by atoms with Crippen LogP contribution in [-0.2, 0) is 11.3 Å². The van der Waals surface area contributed by atoms with Gasteiger partial charge in [0.05, 0.1) is 16.9 Å². The molecule has 0 bridgehead atoms. The molecule has 0 amide bonds. The van der Waals surface area contributed by atoms with Crippen LogP contribution in [0.4, 0.5) is 0 Å². The lowest BCUT2D eigenvalue weighted by atomic mass is 9.89. The monoisotopic (exact) mass is 416 g/mol. The maximum atomic E-state index is 5.55. The number of hydrogen-bond acceptors (Lipinski definition) is 4. The Balaban J connectivity index is 2.08. The molecule has 0 atom stereocenters. The molecule has 1 aliphatic rings. The van der Waals surface area contributed by atoms with Crippen molar-refractivity contribution >= 4 is 33.2 Å². The van der Waals surface area contributed by atoms with Gasteiger partial charge in [-0.1, -0.05) is 0 Å². The highest BCUT2D eigenvalue weighted by Gasteiger charge is 2.34. The molecule has 2 rings (SSSR count). The van der Waals surface area contributed by atoms with Gasteiger partial charge in [0.15, 0.2) is 5.96 Å². The zero-order valence-corrected chi connectivity index (χ0v) is 17.5. The molecule has 1 saturated heterocycles. The van der Waals surface area contributed by atoms with Gasteiger partial charge in [-0.3, -0.25) is 4.99 Å². The van der Waals surface area contributed by atoms with Crippen molar-refractivity contribution in [1.82, 2.24) is 15.1 Å². The maximum absolute atomic E-state index is 5.55. The summed E-state index contributed by atoms with van der Waals surface area (Å²) in [5.74, 6) is 0.967. The van der Waals surface area contributed by atoms with E-state index in [9.17, 15) is 0 Å². The molecule has 0 aliphatic carbocycles. The number of nitrogens with zero attached hydrogens (tertiary/aromatic N) is 3. The van der Waals surface area contributed by atoms with E-state index in [0.717, 1.165) is 51.6 Å². The van der Waals surface area contributed by atoms with Crippen molar-refractivity contribution in [3.8, 4) is 0 Å². The molecule has 0 saturated carbocycles. The van der Waals surface area contributed by atoms with Crippen LogP contribution >= 0.6 is 27.3 Å². The summed E-state index contributed by atoms with van der Waals surface area (Å²) < 4.78 is 6.72. The fraction of sp³-hybridized carbons (Fsp3) is 0.706. The van der Waals surface area contributed by atoms with Gasteiger partial charge in [0, 0.05) is 37.2 Å². The lowest BCUT2D eigenvalue weighted by Gasteiger charge is -2.42. The lowest BCUT2D eigenvalue weighted by Crippen LogP contribution is -2.51. The molecule has 2 heterocycles. The van der Waals surface area contributed by atoms with E-state index in [1.807, 2.05) is 0 Å². The lowest BCUT2D eigenvalue weighted by molar-refractivity contribution is -0.00262. The topological polar surface area (TPSA) is 40.1 Å². The van der Waals surface area contributed by atoms with E-state index in [4.69, 9.17) is 9.73 Å². The van der Waals surface area contributed by atoms with E-state index in [0.29, 0.717) is 0 Å². The third kappa shape index (κ3) is 5.18. The van der Waals surface area contributed by atoms with E-state index in [2.05, 4.69) is 71.2 Å². The van der Waals surface area contributed by atoms with Crippen LogP contribution in [0.2, 0.25) is 0 Å². The summed E-state index contributed by atoms with van der Waals surface area (Å²) in [4.78, 5) is 10.8. The Morgan fingerprint density at radius 3 is 2.58 bits per heavy atom. The minimum absolute atomic E-state index is 0.103. The highest BCUT2D eigenvalue weighted by Crippen LogP contribution is 2.26. The van der Waals surface area contributed by atoms with E-state index in [1.54, 1.807) is 11.3 Å². The predicted molar refractivity (Wildman–Crippen MR) is 106 cm³/mol. The Labute approximate surface area is 158 Å². The Morgan fingerprint density at radius 2 is 2.04 bits per heavy atom. The number of guanidine groups is 1. The van der Waals surface area contributed by atoms with Crippen LogP contribution < -0.4 is 5.32 Å². The Bertz CT molecular complexity index is 540. The van der Waals surface area contributed by atoms with Crippen molar-refractivity contribution in [2.75, 3.05) is 47.4 Å². The average Bonchev–Trinajstić information content (AvgIpc) is 2.97. The van der Waals surface area contributed by atoms with Crippen LogP contribution in [-0.4, -0.2) is 68.7 Å². The molecule has 1 N–H and O–H groups in total. The van der Waals surface area contributed by atoms with Crippen molar-refractivity contribution < 1.29 is 4.74 Å². The molecule has 136 valence electrons. The van der Waals surface area contributed by atoms with Gasteiger partial charge in [0.25, 0.3) is 0 Å². The number of nitrogens with one attached hydrogen (secondary N) is 1. The molecule has 0 aromatic carbocycles. The molecule has 24 heavy (non-hydrogen) atoms. The van der Waals surface area contributed by atoms with Crippen molar-refractivity contribution in [2.24, 2.45) is 4.99 Å². The van der Waals surface area contributed by atoms with Crippen molar-refractivity contribution in [3.63, 3.8) is 0 Å². The van der Waals surface area contributed by atoms with Gasteiger partial charge < -0.3 is 19.9 Å². The molecule has 7 heteroatoms. The van der Waals surface area contributed by atoms with Crippen molar-refractivity contribution in [3.05, 3.63) is 20.8 Å². The third-order valence-electron chi connectivity index (χ3n) is 4.61. The quantitative estimate of drug-likeness (QED) is 0.571. The number of likely N-dealkylation sites (N-methyl/N-ethyl adjacent to an activating group) is 1. The molecule has 0 radical (unpaired) electrons. The molecule has 0 spiro atoms. The smallest absolute Gasteiger partial charge is 0.194 e. The van der Waals surface area contributed by atoms with Crippen molar-refractivity contribution in [2.45, 2.75) is 31.8 Å². The summed E-state index contributed by atoms with van der Waals surface area (Å²) in [6.45, 7) is 6.29. The van der Waals surface area contributed by atoms with Gasteiger partial charge in [-0.15, -0.1) is 11.3 Å². The first-order valence-corrected chi connectivity index (χ1v) is 10.1. The van der Waals surface area contributed by atoms with Crippen LogP contribution in [0.3, 0.4) is 0 Å². The SMILES string of the molecule is CCNC(=NCC1(N(C)C)CCOCC1)N(C)Cc1ccc(Br)s1. The Kier molecular flexibility index (Phi) is 7.53. The molecular weight excluding hydrogens is 388 g/mol. The fourth-order valence-electron chi connectivity index (χ4n) is 2.94. The number of hydrogen-bond donors (Lipinski definition) is 1. The van der Waals surface area contributed by atoms with Gasteiger partial charge in [0.2, 0.25) is 0 Å². The van der Waals surface area contributed by atoms with E-state index in [1.165, 1.54) is 8.66 Å². The largest absolute Gasteiger partial charge is 0.381 e. The van der Waals surface area contributed by atoms with Crippen molar-refractivity contribution in [1.29, 1.82) is 0 Å². The molecule has 1 aromatic rings. The van der Waals surface area contributed by atoms with Gasteiger partial charge in [-0.2, -0.15) is 0 Å². The van der Waals surface area contributed by atoms with Crippen LogP contribution in [0, 0.1) is 0 Å². The number of rotatable bonds is 6. The van der Waals surface area contributed by atoms with E-state index in [-0.39, 0.29) is 5.54 Å². The summed E-state index contributed by atoms with van der Waals surface area (Å²) in [5, 5.41) is 3.42. The third-order valence-corrected chi connectivity index (χ3v) is 6.22. The highest BCUT2D eigenvalue weighted by atomic mass is 79.9. The number of ether oxygens (including phenoxy) is 1. The molecule has 0 unspecified atom stereocenters. The second-order valence-corrected chi connectivity index (χ2v) is 9.01. The average molecular weight is 417 g/mol. The highest BCUT2D eigenvalue weighted by molar-refractivity contribution is 9.11. The number of aliphatic imine (C=N–C) groups is 1. The second-order valence-electron chi connectivity index (χ2n) is 6.46. The first-order valence-electron chi connectivity index (χ1n) is 8.46. The molecule has 1 aromatic heterocycles. The summed E-state index contributed by atoms with van der Waals surface area (Å²) in [6, 6.07) is 4.26. The Hall–Kier alpha value is -0.630. The predicted octanol–water partition coefficient (Wildman–Crippen LogP) is 3.02. The van der Waals surface area contributed by atoms with Crippen LogP contribution in [0.5, 0.6) is 0 Å². The maximum Gasteiger partial charge on any atom is 0.194 e. The van der Waals surface area contributed by atoms with Crippen LogP contribution in [0.15, 0.2) is 20.9 Å². The molecular formula is C17H29BrN4OS.